The van der Waals surface area contributed by atoms with Gasteiger partial charge in [0, 0.05) is 17.9 Å². The maximum Gasteiger partial charge on any atom is 0.243 e. The third-order valence-electron chi connectivity index (χ3n) is 2.26. The number of nitrogens with one attached hydrogen (secondary N) is 2. The van der Waals surface area contributed by atoms with E-state index in [9.17, 15) is 9.59 Å². The summed E-state index contributed by atoms with van der Waals surface area (Å²) in [5, 5.41) is 5.71. The summed E-state index contributed by atoms with van der Waals surface area (Å²) in [6, 6.07) is 0.0716. The van der Waals surface area contributed by atoms with Crippen molar-refractivity contribution in [2.75, 3.05) is 11.5 Å². The average molecular weight is 228 g/mol. The molecule has 1 heterocycles. The van der Waals surface area contributed by atoms with Gasteiger partial charge in [0.1, 0.15) is 0 Å². The minimum atomic E-state index is -0.182. The molecule has 15 heavy (non-hydrogen) atoms. The number of rotatable bonds is 4. The number of hydrogen-bond acceptors (Lipinski definition) is 3. The van der Waals surface area contributed by atoms with Gasteiger partial charge in [-0.25, -0.2) is 0 Å². The van der Waals surface area contributed by atoms with Crippen LogP contribution in [0.1, 0.15) is 13.3 Å². The van der Waals surface area contributed by atoms with Crippen molar-refractivity contribution in [1.29, 1.82) is 0 Å². The Labute approximate surface area is 93.9 Å². The Hall–Kier alpha value is -0.970. The first-order valence-corrected chi connectivity index (χ1v) is 6.13. The van der Waals surface area contributed by atoms with E-state index in [1.54, 1.807) is 11.8 Å². The van der Waals surface area contributed by atoms with E-state index in [1.165, 1.54) is 6.08 Å². The molecule has 1 aliphatic heterocycles. The summed E-state index contributed by atoms with van der Waals surface area (Å²) in [6.45, 7) is 5.21. The Bertz CT molecular complexity index is 268. The van der Waals surface area contributed by atoms with Crippen LogP contribution in [0.15, 0.2) is 12.7 Å². The average Bonchev–Trinajstić information content (AvgIpc) is 2.65. The fraction of sp³-hybridized carbons (Fsp3) is 0.600. The molecule has 84 valence electrons. The summed E-state index contributed by atoms with van der Waals surface area (Å²) in [4.78, 5) is 22.3. The highest BCUT2D eigenvalue weighted by Crippen LogP contribution is 2.18. The monoisotopic (exact) mass is 228 g/mol. The van der Waals surface area contributed by atoms with E-state index in [2.05, 4.69) is 17.2 Å². The van der Waals surface area contributed by atoms with E-state index in [0.29, 0.717) is 6.42 Å². The van der Waals surface area contributed by atoms with Crippen LogP contribution < -0.4 is 10.6 Å². The van der Waals surface area contributed by atoms with Crippen LogP contribution in [0.4, 0.5) is 0 Å². The molecule has 2 unspecified atom stereocenters. The lowest BCUT2D eigenvalue weighted by Crippen LogP contribution is -2.50. The van der Waals surface area contributed by atoms with Crippen LogP contribution in [0.3, 0.4) is 0 Å². The van der Waals surface area contributed by atoms with Crippen LogP contribution in [0.2, 0.25) is 0 Å². The van der Waals surface area contributed by atoms with Crippen molar-refractivity contribution in [2.45, 2.75) is 25.4 Å². The van der Waals surface area contributed by atoms with E-state index in [1.807, 2.05) is 6.92 Å². The highest BCUT2D eigenvalue weighted by Gasteiger charge is 2.29. The Morgan fingerprint density at radius 3 is 2.53 bits per heavy atom. The zero-order chi connectivity index (χ0) is 11.3. The van der Waals surface area contributed by atoms with Gasteiger partial charge in [-0.3, -0.25) is 9.59 Å². The second-order valence-electron chi connectivity index (χ2n) is 3.38. The molecule has 0 aliphatic carbocycles. The molecule has 2 amide bonds. The number of amides is 2. The first-order valence-electron chi connectivity index (χ1n) is 4.97. The van der Waals surface area contributed by atoms with Gasteiger partial charge in [0.25, 0.3) is 0 Å². The molecule has 0 spiro atoms. The summed E-state index contributed by atoms with van der Waals surface area (Å²) in [5.74, 6) is 1.54. The minimum Gasteiger partial charge on any atom is -0.350 e. The molecule has 0 bridgehead atoms. The molecule has 2 atom stereocenters. The van der Waals surface area contributed by atoms with Gasteiger partial charge < -0.3 is 10.6 Å². The number of thioether (sulfide) groups is 1. The largest absolute Gasteiger partial charge is 0.350 e. The standard InChI is InChI=1S/C10H16N2O2S/c1-3-9(13)11-7-5-15-6-8(7)12-10(14)4-2/h3,7-8H,1,4-6H2,2H3,(H,11,13)(H,12,14). The topological polar surface area (TPSA) is 58.2 Å². The van der Waals surface area contributed by atoms with Crippen LogP contribution in [-0.4, -0.2) is 35.4 Å². The molecule has 0 saturated carbocycles. The van der Waals surface area contributed by atoms with Crippen LogP contribution in [-0.2, 0) is 9.59 Å². The van der Waals surface area contributed by atoms with Crippen molar-refractivity contribution in [3.8, 4) is 0 Å². The molecular weight excluding hydrogens is 212 g/mol. The minimum absolute atomic E-state index is 0.0241. The van der Waals surface area contributed by atoms with Crippen LogP contribution in [0.5, 0.6) is 0 Å². The van der Waals surface area contributed by atoms with Gasteiger partial charge in [0.2, 0.25) is 11.8 Å². The first-order chi connectivity index (χ1) is 7.17. The smallest absolute Gasteiger partial charge is 0.243 e. The second kappa shape index (κ2) is 5.80. The summed E-state index contributed by atoms with van der Waals surface area (Å²) in [7, 11) is 0. The van der Waals surface area contributed by atoms with Crippen molar-refractivity contribution in [3.63, 3.8) is 0 Å². The number of carbonyl (C=O) groups is 2. The van der Waals surface area contributed by atoms with Gasteiger partial charge in [-0.1, -0.05) is 13.5 Å². The molecule has 0 aromatic carbocycles. The maximum absolute atomic E-state index is 11.2. The van der Waals surface area contributed by atoms with Gasteiger partial charge in [-0.05, 0) is 6.08 Å². The van der Waals surface area contributed by atoms with E-state index in [0.717, 1.165) is 11.5 Å². The van der Waals surface area contributed by atoms with Crippen molar-refractivity contribution in [2.24, 2.45) is 0 Å². The molecule has 2 N–H and O–H groups in total. The third kappa shape index (κ3) is 3.58. The third-order valence-corrected chi connectivity index (χ3v) is 3.45. The molecular formula is C10H16N2O2S. The van der Waals surface area contributed by atoms with Gasteiger partial charge in [-0.2, -0.15) is 11.8 Å². The first kappa shape index (κ1) is 12.1. The van der Waals surface area contributed by atoms with Gasteiger partial charge >= 0.3 is 0 Å². The molecule has 5 heteroatoms. The van der Waals surface area contributed by atoms with Crippen LogP contribution >= 0.6 is 11.8 Å². The van der Waals surface area contributed by atoms with E-state index in [4.69, 9.17) is 0 Å². The lowest BCUT2D eigenvalue weighted by atomic mass is 10.1. The molecule has 1 aliphatic rings. The fourth-order valence-electron chi connectivity index (χ4n) is 1.39. The Kier molecular flexibility index (Phi) is 4.68. The van der Waals surface area contributed by atoms with Crippen molar-refractivity contribution in [1.82, 2.24) is 10.6 Å². The molecule has 0 aromatic heterocycles. The van der Waals surface area contributed by atoms with Gasteiger partial charge in [0.15, 0.2) is 0 Å². The lowest BCUT2D eigenvalue weighted by Gasteiger charge is -2.20. The Morgan fingerprint density at radius 1 is 1.40 bits per heavy atom. The number of hydrogen-bond donors (Lipinski definition) is 2. The van der Waals surface area contributed by atoms with Crippen molar-refractivity contribution >= 4 is 23.6 Å². The number of carbonyl (C=O) groups excluding carboxylic acids is 2. The van der Waals surface area contributed by atoms with Crippen molar-refractivity contribution in [3.05, 3.63) is 12.7 Å². The highest BCUT2D eigenvalue weighted by molar-refractivity contribution is 7.99. The van der Waals surface area contributed by atoms with E-state index >= 15 is 0 Å². The van der Waals surface area contributed by atoms with Crippen LogP contribution in [0.25, 0.3) is 0 Å². The van der Waals surface area contributed by atoms with E-state index in [-0.39, 0.29) is 23.9 Å². The normalized spacial score (nSPS) is 24.6. The molecule has 0 radical (unpaired) electrons. The molecule has 0 aromatic rings. The predicted octanol–water partition coefficient (Wildman–Crippen LogP) is 0.299. The zero-order valence-electron chi connectivity index (χ0n) is 8.79. The van der Waals surface area contributed by atoms with Gasteiger partial charge in [0.05, 0.1) is 12.1 Å². The Balaban J connectivity index is 2.45. The summed E-state index contributed by atoms with van der Waals surface area (Å²) in [6.07, 6.45) is 1.73. The lowest BCUT2D eigenvalue weighted by molar-refractivity contribution is -0.122. The second-order valence-corrected chi connectivity index (χ2v) is 4.46. The molecule has 4 nitrogen and oxygen atoms in total. The molecule has 1 saturated heterocycles. The van der Waals surface area contributed by atoms with E-state index < -0.39 is 0 Å². The summed E-state index contributed by atoms with van der Waals surface area (Å²) >= 11 is 1.73. The molecule has 1 rings (SSSR count). The quantitative estimate of drug-likeness (QED) is 0.680. The van der Waals surface area contributed by atoms with Crippen molar-refractivity contribution < 1.29 is 9.59 Å². The molecule has 1 fully saturated rings. The summed E-state index contributed by atoms with van der Waals surface area (Å²) in [5.41, 5.74) is 0. The fourth-order valence-corrected chi connectivity index (χ4v) is 2.66. The van der Waals surface area contributed by atoms with Crippen LogP contribution in [0, 0.1) is 0 Å². The predicted molar refractivity (Wildman–Crippen MR) is 61.7 cm³/mol. The van der Waals surface area contributed by atoms with Gasteiger partial charge in [-0.15, -0.1) is 0 Å². The maximum atomic E-state index is 11.2. The highest BCUT2D eigenvalue weighted by atomic mass is 32.2. The SMILES string of the molecule is C=CC(=O)NC1CSCC1NC(=O)CC. The zero-order valence-corrected chi connectivity index (χ0v) is 9.60. The Morgan fingerprint density at radius 2 is 2.00 bits per heavy atom. The summed E-state index contributed by atoms with van der Waals surface area (Å²) < 4.78 is 0.